The summed E-state index contributed by atoms with van der Waals surface area (Å²) in [7, 11) is 1.53. The molecule has 20 heavy (non-hydrogen) atoms. The zero-order chi connectivity index (χ0) is 14.7. The molecule has 0 bridgehead atoms. The molecule has 1 aliphatic heterocycles. The summed E-state index contributed by atoms with van der Waals surface area (Å²) in [5.74, 6) is 0.0689. The molecule has 0 aliphatic carbocycles. The third kappa shape index (κ3) is 2.68. The van der Waals surface area contributed by atoms with Crippen LogP contribution < -0.4 is 14.4 Å². The molecule has 0 fully saturated rings. The van der Waals surface area contributed by atoms with E-state index in [4.69, 9.17) is 14.6 Å². The van der Waals surface area contributed by atoms with Crippen molar-refractivity contribution in [1.29, 1.82) is 0 Å². The van der Waals surface area contributed by atoms with Gasteiger partial charge in [-0.15, -0.1) is 0 Å². The second-order valence-corrected chi connectivity index (χ2v) is 4.51. The second-order valence-electron chi connectivity index (χ2n) is 4.51. The van der Waals surface area contributed by atoms with Crippen molar-refractivity contribution in [1.82, 2.24) is 0 Å². The molecule has 1 aromatic carbocycles. The Morgan fingerprint density at radius 3 is 2.85 bits per heavy atom. The first-order valence-corrected chi connectivity index (χ1v) is 6.41. The first-order valence-electron chi connectivity index (χ1n) is 6.41. The lowest BCUT2D eigenvalue weighted by atomic mass is 10.1. The van der Waals surface area contributed by atoms with Crippen molar-refractivity contribution in [2.45, 2.75) is 25.8 Å². The highest BCUT2D eigenvalue weighted by atomic mass is 16.5. The molecular weight excluding hydrogens is 262 g/mol. The number of amides is 1. The van der Waals surface area contributed by atoms with Crippen LogP contribution in [0.25, 0.3) is 0 Å². The average Bonchev–Trinajstić information content (AvgIpc) is 2.45. The van der Waals surface area contributed by atoms with Crippen molar-refractivity contribution in [3.05, 3.63) is 18.2 Å². The van der Waals surface area contributed by atoms with Crippen molar-refractivity contribution in [2.24, 2.45) is 0 Å². The zero-order valence-corrected chi connectivity index (χ0v) is 11.5. The van der Waals surface area contributed by atoms with Gasteiger partial charge in [0, 0.05) is 12.5 Å². The van der Waals surface area contributed by atoms with Crippen LogP contribution in [0.5, 0.6) is 11.5 Å². The maximum absolute atomic E-state index is 12.2. The number of ether oxygens (including phenoxy) is 2. The molecule has 1 amide bonds. The normalized spacial score (nSPS) is 17.1. The van der Waals surface area contributed by atoms with Crippen molar-refractivity contribution >= 4 is 17.6 Å². The van der Waals surface area contributed by atoms with E-state index in [1.165, 1.54) is 12.0 Å². The monoisotopic (exact) mass is 279 g/mol. The van der Waals surface area contributed by atoms with E-state index in [1.54, 1.807) is 25.1 Å². The summed E-state index contributed by atoms with van der Waals surface area (Å²) in [6.45, 7) is 1.92. The fourth-order valence-electron chi connectivity index (χ4n) is 2.25. The van der Waals surface area contributed by atoms with Crippen molar-refractivity contribution in [3.8, 4) is 11.5 Å². The number of rotatable bonds is 4. The van der Waals surface area contributed by atoms with Gasteiger partial charge in [0.25, 0.3) is 0 Å². The van der Waals surface area contributed by atoms with E-state index in [1.807, 2.05) is 0 Å². The molecule has 0 radical (unpaired) electrons. The number of anilines is 1. The predicted octanol–water partition coefficient (Wildman–Crippen LogP) is 1.67. The summed E-state index contributed by atoms with van der Waals surface area (Å²) in [6.07, 6.45) is 0.148. The summed E-state index contributed by atoms with van der Waals surface area (Å²) in [6, 6.07) is 4.66. The molecule has 1 unspecified atom stereocenters. The quantitative estimate of drug-likeness (QED) is 0.907. The molecule has 1 aliphatic rings. The molecule has 0 saturated carbocycles. The molecule has 0 spiro atoms. The van der Waals surface area contributed by atoms with E-state index >= 15 is 0 Å². The van der Waals surface area contributed by atoms with Gasteiger partial charge in [0.1, 0.15) is 18.1 Å². The molecule has 6 heteroatoms. The summed E-state index contributed by atoms with van der Waals surface area (Å²) in [5.41, 5.74) is 0.564. The summed E-state index contributed by atoms with van der Waals surface area (Å²) >= 11 is 0. The number of methoxy groups -OCH3 is 1. The SMILES string of the molecule is CCC(=O)N1c2cc(OC)ccc2OCC1CC(=O)O. The second kappa shape index (κ2) is 5.81. The van der Waals surface area contributed by atoms with Crippen LogP contribution in [0.1, 0.15) is 19.8 Å². The highest BCUT2D eigenvalue weighted by Crippen LogP contribution is 2.37. The van der Waals surface area contributed by atoms with Crippen LogP contribution in [0.2, 0.25) is 0 Å². The Balaban J connectivity index is 2.42. The number of nitrogens with zero attached hydrogens (tertiary/aromatic N) is 1. The number of hydrogen-bond acceptors (Lipinski definition) is 4. The van der Waals surface area contributed by atoms with E-state index in [-0.39, 0.29) is 18.9 Å². The molecule has 2 rings (SSSR count). The van der Waals surface area contributed by atoms with Gasteiger partial charge < -0.3 is 19.5 Å². The predicted molar refractivity (Wildman–Crippen MR) is 72.3 cm³/mol. The van der Waals surface area contributed by atoms with Crippen molar-refractivity contribution in [3.63, 3.8) is 0 Å². The average molecular weight is 279 g/mol. The molecule has 0 aromatic heterocycles. The first kappa shape index (κ1) is 14.2. The number of hydrogen-bond donors (Lipinski definition) is 1. The topological polar surface area (TPSA) is 76.1 Å². The maximum atomic E-state index is 12.2. The van der Waals surface area contributed by atoms with Gasteiger partial charge in [-0.3, -0.25) is 9.59 Å². The van der Waals surface area contributed by atoms with E-state index in [9.17, 15) is 9.59 Å². The van der Waals surface area contributed by atoms with E-state index < -0.39 is 12.0 Å². The Labute approximate surface area is 116 Å². The van der Waals surface area contributed by atoms with Crippen LogP contribution >= 0.6 is 0 Å². The fraction of sp³-hybridized carbons (Fsp3) is 0.429. The van der Waals surface area contributed by atoms with Gasteiger partial charge in [-0.1, -0.05) is 6.92 Å². The van der Waals surface area contributed by atoms with Gasteiger partial charge in [0.05, 0.1) is 25.3 Å². The van der Waals surface area contributed by atoms with E-state index in [0.717, 1.165) is 0 Å². The number of carboxylic acids is 1. The van der Waals surface area contributed by atoms with Crippen LogP contribution in [0.15, 0.2) is 18.2 Å². The van der Waals surface area contributed by atoms with Gasteiger partial charge in [-0.25, -0.2) is 0 Å². The minimum absolute atomic E-state index is 0.131. The minimum Gasteiger partial charge on any atom is -0.497 e. The van der Waals surface area contributed by atoms with Crippen molar-refractivity contribution in [2.75, 3.05) is 18.6 Å². The van der Waals surface area contributed by atoms with Gasteiger partial charge in [-0.05, 0) is 12.1 Å². The number of carboxylic acid groups (broad SMARTS) is 1. The van der Waals surface area contributed by atoms with Crippen LogP contribution in [-0.2, 0) is 9.59 Å². The van der Waals surface area contributed by atoms with Crippen molar-refractivity contribution < 1.29 is 24.2 Å². The molecule has 1 heterocycles. The lowest BCUT2D eigenvalue weighted by Crippen LogP contribution is -2.47. The van der Waals surface area contributed by atoms with Crippen LogP contribution in [0, 0.1) is 0 Å². The van der Waals surface area contributed by atoms with Gasteiger partial charge in [-0.2, -0.15) is 0 Å². The third-order valence-corrected chi connectivity index (χ3v) is 3.20. The lowest BCUT2D eigenvalue weighted by molar-refractivity contribution is -0.137. The molecule has 0 saturated heterocycles. The summed E-state index contributed by atoms with van der Waals surface area (Å²) in [5, 5.41) is 8.97. The first-order chi connectivity index (χ1) is 9.56. The Morgan fingerprint density at radius 1 is 1.50 bits per heavy atom. The van der Waals surface area contributed by atoms with Gasteiger partial charge in [0.15, 0.2) is 0 Å². The smallest absolute Gasteiger partial charge is 0.305 e. The van der Waals surface area contributed by atoms with E-state index in [0.29, 0.717) is 23.6 Å². The number of carbonyl (C=O) groups is 2. The Morgan fingerprint density at radius 2 is 2.25 bits per heavy atom. The van der Waals surface area contributed by atoms with Gasteiger partial charge in [0.2, 0.25) is 5.91 Å². The fourth-order valence-corrected chi connectivity index (χ4v) is 2.25. The minimum atomic E-state index is -0.959. The van der Waals surface area contributed by atoms with Crippen LogP contribution in [0.3, 0.4) is 0 Å². The molecular formula is C14H17NO5. The van der Waals surface area contributed by atoms with Crippen LogP contribution in [-0.4, -0.2) is 36.7 Å². The molecule has 1 N–H and O–H groups in total. The van der Waals surface area contributed by atoms with E-state index in [2.05, 4.69) is 0 Å². The highest BCUT2D eigenvalue weighted by Gasteiger charge is 2.33. The highest BCUT2D eigenvalue weighted by molar-refractivity contribution is 5.96. The molecule has 1 atom stereocenters. The number of fused-ring (bicyclic) bond motifs is 1. The molecule has 108 valence electrons. The number of aliphatic carboxylic acids is 1. The third-order valence-electron chi connectivity index (χ3n) is 3.20. The number of benzene rings is 1. The van der Waals surface area contributed by atoms with Gasteiger partial charge >= 0.3 is 5.97 Å². The molecule has 1 aromatic rings. The Bertz CT molecular complexity index is 528. The lowest BCUT2D eigenvalue weighted by Gasteiger charge is -2.36. The largest absolute Gasteiger partial charge is 0.497 e. The summed E-state index contributed by atoms with van der Waals surface area (Å²) in [4.78, 5) is 24.6. The molecule has 6 nitrogen and oxygen atoms in total. The Kier molecular flexibility index (Phi) is 4.12. The standard InChI is InChI=1S/C14H17NO5/c1-3-13(16)15-9(6-14(17)18)8-20-12-5-4-10(19-2)7-11(12)15/h4-5,7,9H,3,6,8H2,1-2H3,(H,17,18). The summed E-state index contributed by atoms with van der Waals surface area (Å²) < 4.78 is 10.7. The van der Waals surface area contributed by atoms with Crippen LogP contribution in [0.4, 0.5) is 5.69 Å². The maximum Gasteiger partial charge on any atom is 0.305 e. The zero-order valence-electron chi connectivity index (χ0n) is 11.5. The Hall–Kier alpha value is -2.24. The number of carbonyl (C=O) groups excluding carboxylic acids is 1.